The van der Waals surface area contributed by atoms with Gasteiger partial charge in [0, 0.05) is 41.4 Å². The molecule has 2 aromatic rings. The number of nitrogens with zero attached hydrogens (tertiary/aromatic N) is 2. The van der Waals surface area contributed by atoms with Crippen LogP contribution in [0.15, 0.2) is 29.8 Å². The molecule has 1 aliphatic rings. The Labute approximate surface area is 162 Å². The van der Waals surface area contributed by atoms with Crippen LogP contribution in [0.2, 0.25) is 0 Å². The molecule has 0 aromatic carbocycles. The van der Waals surface area contributed by atoms with Gasteiger partial charge in [-0.25, -0.2) is 0 Å². The lowest BCUT2D eigenvalue weighted by atomic mass is 9.82. The van der Waals surface area contributed by atoms with Gasteiger partial charge in [0.25, 0.3) is 0 Å². The lowest BCUT2D eigenvalue weighted by Crippen LogP contribution is -2.42. The number of hydrogen-bond donors (Lipinski definition) is 0. The van der Waals surface area contributed by atoms with Crippen molar-refractivity contribution < 1.29 is 4.74 Å². The van der Waals surface area contributed by atoms with Crippen LogP contribution in [0, 0.1) is 19.3 Å². The number of rotatable bonds is 7. The molecule has 1 unspecified atom stereocenters. The van der Waals surface area contributed by atoms with E-state index < -0.39 is 0 Å². The highest BCUT2D eigenvalue weighted by Crippen LogP contribution is 2.41. The summed E-state index contributed by atoms with van der Waals surface area (Å²) in [4.78, 5) is 8.54. The quantitative estimate of drug-likeness (QED) is 0.686. The first-order chi connectivity index (χ1) is 12.3. The topological polar surface area (TPSA) is 25.4 Å². The molecule has 0 bridgehead atoms. The Morgan fingerprint density at radius 2 is 2.12 bits per heavy atom. The zero-order valence-corrected chi connectivity index (χ0v) is 17.7. The normalized spacial score (nSPS) is 21.4. The van der Waals surface area contributed by atoms with Crippen molar-refractivity contribution in [3.63, 3.8) is 0 Å². The standard InChI is InChI=1S/C22H32N2OS/c1-17-6-7-20(13-23-17)21(3,4)24-11-10-22(15-24,16-25-5)9-8-19-12-18(2)26-14-19/h6-7,12-14H,8-11,15-16H2,1-5H3. The van der Waals surface area contributed by atoms with Crippen molar-refractivity contribution >= 4 is 11.3 Å². The molecule has 3 heterocycles. The summed E-state index contributed by atoms with van der Waals surface area (Å²) in [6, 6.07) is 6.68. The fraction of sp³-hybridized carbons (Fsp3) is 0.591. The second-order valence-electron chi connectivity index (χ2n) is 8.42. The molecule has 0 N–H and O–H groups in total. The number of likely N-dealkylation sites (tertiary alicyclic amines) is 1. The average Bonchev–Trinajstić information content (AvgIpc) is 3.21. The van der Waals surface area contributed by atoms with E-state index in [9.17, 15) is 0 Å². The molecule has 1 saturated heterocycles. The highest BCUT2D eigenvalue weighted by Gasteiger charge is 2.43. The maximum Gasteiger partial charge on any atom is 0.0531 e. The number of ether oxygens (including phenoxy) is 1. The summed E-state index contributed by atoms with van der Waals surface area (Å²) in [6.45, 7) is 11.9. The van der Waals surface area contributed by atoms with Crippen molar-refractivity contribution in [2.24, 2.45) is 5.41 Å². The van der Waals surface area contributed by atoms with E-state index in [-0.39, 0.29) is 11.0 Å². The molecule has 26 heavy (non-hydrogen) atoms. The van der Waals surface area contributed by atoms with Crippen molar-refractivity contribution in [3.05, 3.63) is 51.5 Å². The van der Waals surface area contributed by atoms with Crippen molar-refractivity contribution in [1.82, 2.24) is 9.88 Å². The van der Waals surface area contributed by atoms with Gasteiger partial charge in [-0.3, -0.25) is 9.88 Å². The van der Waals surface area contributed by atoms with Crippen LogP contribution in [0.4, 0.5) is 0 Å². The van der Waals surface area contributed by atoms with Gasteiger partial charge in [0.15, 0.2) is 0 Å². The SMILES string of the molecule is COCC1(CCc2csc(C)c2)CCN(C(C)(C)c2ccc(C)nc2)C1. The zero-order valence-electron chi connectivity index (χ0n) is 16.8. The third kappa shape index (κ3) is 4.19. The predicted octanol–water partition coefficient (Wildman–Crippen LogP) is 4.97. The molecule has 0 saturated carbocycles. The molecule has 2 aromatic heterocycles. The van der Waals surface area contributed by atoms with E-state index in [1.807, 2.05) is 31.6 Å². The molecule has 3 rings (SSSR count). The first-order valence-electron chi connectivity index (χ1n) is 9.56. The Balaban J connectivity index is 1.72. The summed E-state index contributed by atoms with van der Waals surface area (Å²) < 4.78 is 5.67. The summed E-state index contributed by atoms with van der Waals surface area (Å²) in [6.07, 6.45) is 5.58. The van der Waals surface area contributed by atoms with Gasteiger partial charge in [-0.15, -0.1) is 11.3 Å². The average molecular weight is 373 g/mol. The molecule has 0 amide bonds. The molecule has 1 fully saturated rings. The minimum absolute atomic E-state index is 0.00480. The second kappa shape index (κ2) is 7.79. The van der Waals surface area contributed by atoms with E-state index in [0.717, 1.165) is 31.8 Å². The van der Waals surface area contributed by atoms with Crippen LogP contribution in [0.3, 0.4) is 0 Å². The number of aryl methyl sites for hydroxylation is 3. The van der Waals surface area contributed by atoms with Crippen molar-refractivity contribution in [2.75, 3.05) is 26.8 Å². The summed E-state index contributed by atoms with van der Waals surface area (Å²) in [5, 5.41) is 2.31. The van der Waals surface area contributed by atoms with Crippen LogP contribution in [-0.2, 0) is 16.7 Å². The molecule has 0 aliphatic carbocycles. The smallest absolute Gasteiger partial charge is 0.0531 e. The summed E-state index contributed by atoms with van der Waals surface area (Å²) in [7, 11) is 1.84. The second-order valence-corrected chi connectivity index (χ2v) is 9.53. The first kappa shape index (κ1) is 19.5. The van der Waals surface area contributed by atoms with Gasteiger partial charge in [-0.05, 0) is 82.1 Å². The molecule has 4 heteroatoms. The Morgan fingerprint density at radius 3 is 2.73 bits per heavy atom. The highest BCUT2D eigenvalue weighted by atomic mass is 32.1. The van der Waals surface area contributed by atoms with E-state index in [4.69, 9.17) is 4.74 Å². The van der Waals surface area contributed by atoms with Crippen LogP contribution in [0.1, 0.15) is 48.4 Å². The maximum atomic E-state index is 5.67. The Bertz CT molecular complexity index is 722. The third-order valence-electron chi connectivity index (χ3n) is 6.03. The number of aromatic nitrogens is 1. The van der Waals surface area contributed by atoms with Crippen LogP contribution in [0.5, 0.6) is 0 Å². The van der Waals surface area contributed by atoms with Gasteiger partial charge in [0.1, 0.15) is 0 Å². The Kier molecular flexibility index (Phi) is 5.85. The number of thiophene rings is 1. The molecule has 0 spiro atoms. The monoisotopic (exact) mass is 372 g/mol. The number of methoxy groups -OCH3 is 1. The van der Waals surface area contributed by atoms with E-state index in [0.29, 0.717) is 0 Å². The predicted molar refractivity (Wildman–Crippen MR) is 110 cm³/mol. The lowest BCUT2D eigenvalue weighted by Gasteiger charge is -2.38. The first-order valence-corrected chi connectivity index (χ1v) is 10.4. The van der Waals surface area contributed by atoms with Gasteiger partial charge in [-0.1, -0.05) is 6.07 Å². The van der Waals surface area contributed by atoms with Crippen molar-refractivity contribution in [2.45, 2.75) is 52.5 Å². The van der Waals surface area contributed by atoms with Crippen LogP contribution in [-0.4, -0.2) is 36.7 Å². The maximum absolute atomic E-state index is 5.67. The largest absolute Gasteiger partial charge is 0.384 e. The lowest BCUT2D eigenvalue weighted by molar-refractivity contribution is 0.0601. The summed E-state index contributed by atoms with van der Waals surface area (Å²) in [5.41, 5.74) is 4.09. The van der Waals surface area contributed by atoms with Crippen molar-refractivity contribution in [1.29, 1.82) is 0 Å². The number of hydrogen-bond acceptors (Lipinski definition) is 4. The van der Waals surface area contributed by atoms with E-state index >= 15 is 0 Å². The molecule has 142 valence electrons. The van der Waals surface area contributed by atoms with Crippen LogP contribution >= 0.6 is 11.3 Å². The molecular formula is C22H32N2OS. The molecule has 0 radical (unpaired) electrons. The molecular weight excluding hydrogens is 340 g/mol. The van der Waals surface area contributed by atoms with Gasteiger partial charge in [0.2, 0.25) is 0 Å². The number of pyridine rings is 1. The van der Waals surface area contributed by atoms with E-state index in [2.05, 4.69) is 54.2 Å². The zero-order chi connectivity index (χ0) is 18.8. The van der Waals surface area contributed by atoms with Gasteiger partial charge in [-0.2, -0.15) is 0 Å². The summed E-state index contributed by atoms with van der Waals surface area (Å²) >= 11 is 1.85. The summed E-state index contributed by atoms with van der Waals surface area (Å²) in [5.74, 6) is 0. The molecule has 1 aliphatic heterocycles. The minimum atomic E-state index is -0.00480. The van der Waals surface area contributed by atoms with E-state index in [1.165, 1.54) is 28.8 Å². The molecule has 1 atom stereocenters. The van der Waals surface area contributed by atoms with Crippen LogP contribution < -0.4 is 0 Å². The molecule has 3 nitrogen and oxygen atoms in total. The third-order valence-corrected chi connectivity index (χ3v) is 6.94. The van der Waals surface area contributed by atoms with E-state index in [1.54, 1.807) is 0 Å². The fourth-order valence-corrected chi connectivity index (χ4v) is 4.91. The van der Waals surface area contributed by atoms with Gasteiger partial charge in [0.05, 0.1) is 6.61 Å². The highest BCUT2D eigenvalue weighted by molar-refractivity contribution is 7.10. The fourth-order valence-electron chi connectivity index (χ4n) is 4.16. The Morgan fingerprint density at radius 1 is 1.31 bits per heavy atom. The van der Waals surface area contributed by atoms with Crippen LogP contribution in [0.25, 0.3) is 0 Å². The Hall–Kier alpha value is -1.23. The van der Waals surface area contributed by atoms with Crippen molar-refractivity contribution in [3.8, 4) is 0 Å². The minimum Gasteiger partial charge on any atom is -0.384 e. The van der Waals surface area contributed by atoms with Gasteiger partial charge < -0.3 is 4.74 Å². The van der Waals surface area contributed by atoms with Gasteiger partial charge >= 0.3 is 0 Å².